The quantitative estimate of drug-likeness (QED) is 0.836. The second kappa shape index (κ2) is 5.27. The minimum atomic E-state index is -0.915. The van der Waals surface area contributed by atoms with Crippen molar-refractivity contribution in [2.75, 3.05) is 18.6 Å². The van der Waals surface area contributed by atoms with Gasteiger partial charge >= 0.3 is 5.97 Å². The molecule has 0 aromatic heterocycles. The molecule has 0 bridgehead atoms. The Kier molecular flexibility index (Phi) is 3.71. The van der Waals surface area contributed by atoms with E-state index in [0.29, 0.717) is 13.0 Å². The van der Waals surface area contributed by atoms with Crippen LogP contribution < -0.4 is 10.7 Å². The summed E-state index contributed by atoms with van der Waals surface area (Å²) in [4.78, 5) is 22.1. The molecule has 2 rings (SSSR count). The van der Waals surface area contributed by atoms with Crippen LogP contribution in [0.25, 0.3) is 0 Å². The van der Waals surface area contributed by atoms with Gasteiger partial charge in [-0.3, -0.25) is 19.6 Å². The third-order valence-electron chi connectivity index (χ3n) is 3.27. The lowest BCUT2D eigenvalue weighted by molar-refractivity contribution is -0.137. The normalized spacial score (nSPS) is 16.8. The standard InChI is InChI=1S/C13H17N3O3/c1-15-12(17)6-7-16(15)10-4-2-9(3-5-10)11(14)8-13(18)19/h2-5,11H,6-8,14H2,1H3,(H,18,19). The number of benzene rings is 1. The fraction of sp³-hybridized carbons (Fsp3) is 0.385. The van der Waals surface area contributed by atoms with Gasteiger partial charge in [0.05, 0.1) is 12.1 Å². The van der Waals surface area contributed by atoms with Crippen LogP contribution in [0, 0.1) is 0 Å². The van der Waals surface area contributed by atoms with Gasteiger partial charge in [0.15, 0.2) is 0 Å². The molecule has 1 amide bonds. The van der Waals surface area contributed by atoms with Crippen LogP contribution >= 0.6 is 0 Å². The zero-order chi connectivity index (χ0) is 14.0. The molecule has 1 fully saturated rings. The van der Waals surface area contributed by atoms with Gasteiger partial charge in [0, 0.05) is 26.1 Å². The Morgan fingerprint density at radius 2 is 2.05 bits per heavy atom. The van der Waals surface area contributed by atoms with Gasteiger partial charge in [-0.15, -0.1) is 0 Å². The predicted octanol–water partition coefficient (Wildman–Crippen LogP) is 0.745. The minimum Gasteiger partial charge on any atom is -0.481 e. The third kappa shape index (κ3) is 2.85. The summed E-state index contributed by atoms with van der Waals surface area (Å²) < 4.78 is 0. The van der Waals surface area contributed by atoms with E-state index in [-0.39, 0.29) is 12.3 Å². The van der Waals surface area contributed by atoms with Crippen molar-refractivity contribution in [1.29, 1.82) is 0 Å². The number of hydrazine groups is 1. The van der Waals surface area contributed by atoms with Crippen LogP contribution in [0.2, 0.25) is 0 Å². The Balaban J connectivity index is 2.10. The summed E-state index contributed by atoms with van der Waals surface area (Å²) in [6.45, 7) is 0.663. The fourth-order valence-corrected chi connectivity index (χ4v) is 2.15. The van der Waals surface area contributed by atoms with Gasteiger partial charge in [0.1, 0.15) is 0 Å². The second-order valence-electron chi connectivity index (χ2n) is 4.59. The van der Waals surface area contributed by atoms with E-state index in [1.807, 2.05) is 17.1 Å². The van der Waals surface area contributed by atoms with Crippen molar-refractivity contribution >= 4 is 17.6 Å². The number of hydrogen-bond acceptors (Lipinski definition) is 4. The molecule has 1 unspecified atom stereocenters. The van der Waals surface area contributed by atoms with Crippen molar-refractivity contribution in [3.8, 4) is 0 Å². The van der Waals surface area contributed by atoms with Gasteiger partial charge in [0.25, 0.3) is 0 Å². The van der Waals surface area contributed by atoms with Crippen LogP contribution in [-0.4, -0.2) is 35.6 Å². The van der Waals surface area contributed by atoms with Crippen molar-refractivity contribution in [2.24, 2.45) is 5.73 Å². The molecule has 1 heterocycles. The molecule has 0 spiro atoms. The highest BCUT2D eigenvalue weighted by Crippen LogP contribution is 2.23. The molecule has 0 radical (unpaired) electrons. The average Bonchev–Trinajstić information content (AvgIpc) is 2.69. The minimum absolute atomic E-state index is 0.0895. The molecule has 19 heavy (non-hydrogen) atoms. The van der Waals surface area contributed by atoms with E-state index in [9.17, 15) is 9.59 Å². The van der Waals surface area contributed by atoms with Crippen molar-refractivity contribution in [3.05, 3.63) is 29.8 Å². The number of amides is 1. The van der Waals surface area contributed by atoms with E-state index in [2.05, 4.69) is 0 Å². The molecule has 6 heteroatoms. The first kappa shape index (κ1) is 13.4. The molecule has 1 aromatic carbocycles. The molecule has 1 aromatic rings. The predicted molar refractivity (Wildman–Crippen MR) is 70.4 cm³/mol. The molecular formula is C13H17N3O3. The topological polar surface area (TPSA) is 86.9 Å². The highest BCUT2D eigenvalue weighted by molar-refractivity contribution is 5.81. The highest BCUT2D eigenvalue weighted by Gasteiger charge is 2.25. The first-order chi connectivity index (χ1) is 8.99. The van der Waals surface area contributed by atoms with Crippen LogP contribution in [0.4, 0.5) is 5.69 Å². The number of nitrogens with two attached hydrogens (primary N) is 1. The van der Waals surface area contributed by atoms with Crippen LogP contribution in [0.1, 0.15) is 24.4 Å². The van der Waals surface area contributed by atoms with E-state index in [4.69, 9.17) is 10.8 Å². The molecular weight excluding hydrogens is 246 g/mol. The molecule has 0 aliphatic carbocycles. The summed E-state index contributed by atoms with van der Waals surface area (Å²) in [5.41, 5.74) is 7.47. The summed E-state index contributed by atoms with van der Waals surface area (Å²) in [7, 11) is 1.74. The number of anilines is 1. The van der Waals surface area contributed by atoms with Gasteiger partial charge in [-0.1, -0.05) is 12.1 Å². The monoisotopic (exact) mass is 263 g/mol. The maximum absolute atomic E-state index is 11.5. The third-order valence-corrected chi connectivity index (χ3v) is 3.27. The number of carbonyl (C=O) groups excluding carboxylic acids is 1. The lowest BCUT2D eigenvalue weighted by Gasteiger charge is -2.26. The summed E-state index contributed by atoms with van der Waals surface area (Å²) in [5.74, 6) is -0.826. The van der Waals surface area contributed by atoms with Gasteiger partial charge in [-0.25, -0.2) is 0 Å². The van der Waals surface area contributed by atoms with Crippen molar-refractivity contribution in [1.82, 2.24) is 5.01 Å². The lowest BCUT2D eigenvalue weighted by Crippen LogP contribution is -2.35. The number of rotatable bonds is 4. The molecule has 102 valence electrons. The van der Waals surface area contributed by atoms with E-state index < -0.39 is 12.0 Å². The molecule has 0 saturated carbocycles. The van der Waals surface area contributed by atoms with Gasteiger partial charge in [-0.05, 0) is 17.7 Å². The van der Waals surface area contributed by atoms with Gasteiger partial charge < -0.3 is 10.8 Å². The number of hydrogen-bond donors (Lipinski definition) is 2. The summed E-state index contributed by atoms with van der Waals surface area (Å²) in [6.07, 6.45) is 0.415. The number of carboxylic acids is 1. The van der Waals surface area contributed by atoms with Crippen molar-refractivity contribution < 1.29 is 14.7 Å². The molecule has 1 saturated heterocycles. The second-order valence-corrected chi connectivity index (χ2v) is 4.59. The van der Waals surface area contributed by atoms with E-state index in [1.165, 1.54) is 0 Å². The first-order valence-corrected chi connectivity index (χ1v) is 6.10. The Hall–Kier alpha value is -2.08. The van der Waals surface area contributed by atoms with Crippen LogP contribution in [0.15, 0.2) is 24.3 Å². The molecule has 1 aliphatic rings. The Morgan fingerprint density at radius 3 is 2.53 bits per heavy atom. The Labute approximate surface area is 111 Å². The maximum Gasteiger partial charge on any atom is 0.305 e. The zero-order valence-electron chi connectivity index (χ0n) is 10.7. The number of nitrogens with zero attached hydrogens (tertiary/aromatic N) is 2. The largest absolute Gasteiger partial charge is 0.481 e. The summed E-state index contributed by atoms with van der Waals surface area (Å²) in [5, 5.41) is 12.2. The zero-order valence-corrected chi connectivity index (χ0v) is 10.7. The fourth-order valence-electron chi connectivity index (χ4n) is 2.15. The average molecular weight is 263 g/mol. The van der Waals surface area contributed by atoms with Crippen molar-refractivity contribution in [2.45, 2.75) is 18.9 Å². The van der Waals surface area contributed by atoms with Gasteiger partial charge in [0.2, 0.25) is 5.91 Å². The van der Waals surface area contributed by atoms with Crippen LogP contribution in [0.3, 0.4) is 0 Å². The Morgan fingerprint density at radius 1 is 1.42 bits per heavy atom. The van der Waals surface area contributed by atoms with Gasteiger partial charge in [-0.2, -0.15) is 0 Å². The summed E-state index contributed by atoms with van der Waals surface area (Å²) >= 11 is 0. The van der Waals surface area contributed by atoms with E-state index in [1.54, 1.807) is 24.2 Å². The lowest BCUT2D eigenvalue weighted by atomic mass is 10.0. The Bertz CT molecular complexity index is 486. The SMILES string of the molecule is CN1C(=O)CCN1c1ccc(C(N)CC(=O)O)cc1. The molecule has 3 N–H and O–H groups in total. The highest BCUT2D eigenvalue weighted by atomic mass is 16.4. The van der Waals surface area contributed by atoms with Crippen LogP contribution in [0.5, 0.6) is 0 Å². The number of carboxylic acid groups (broad SMARTS) is 1. The molecule has 1 aliphatic heterocycles. The number of aliphatic carboxylic acids is 1. The maximum atomic E-state index is 11.5. The molecule has 6 nitrogen and oxygen atoms in total. The van der Waals surface area contributed by atoms with E-state index >= 15 is 0 Å². The number of carbonyl (C=O) groups is 2. The van der Waals surface area contributed by atoms with E-state index in [0.717, 1.165) is 11.3 Å². The molecule has 1 atom stereocenters. The first-order valence-electron chi connectivity index (χ1n) is 6.10. The van der Waals surface area contributed by atoms with Crippen LogP contribution in [-0.2, 0) is 9.59 Å². The summed E-state index contributed by atoms with van der Waals surface area (Å²) in [6, 6.07) is 6.81. The van der Waals surface area contributed by atoms with Crippen molar-refractivity contribution in [3.63, 3.8) is 0 Å². The smallest absolute Gasteiger partial charge is 0.305 e.